The summed E-state index contributed by atoms with van der Waals surface area (Å²) >= 11 is 7.35. The van der Waals surface area contributed by atoms with Gasteiger partial charge in [-0.3, -0.25) is 0 Å². The van der Waals surface area contributed by atoms with Crippen LogP contribution in [-0.4, -0.2) is 6.03 Å². The quantitative estimate of drug-likeness (QED) is 0.854. The summed E-state index contributed by atoms with van der Waals surface area (Å²) in [7, 11) is 0. The zero-order valence-electron chi connectivity index (χ0n) is 10.7. The maximum Gasteiger partial charge on any atom is 0.319 e. The highest BCUT2D eigenvalue weighted by atomic mass is 35.5. The van der Waals surface area contributed by atoms with Gasteiger partial charge in [-0.05, 0) is 43.7 Å². The van der Waals surface area contributed by atoms with E-state index in [2.05, 4.69) is 10.6 Å². The molecule has 5 heteroatoms. The second-order valence-electron chi connectivity index (χ2n) is 4.33. The average Bonchev–Trinajstić information content (AvgIpc) is 2.75. The summed E-state index contributed by atoms with van der Waals surface area (Å²) in [6.45, 7) is 3.91. The average molecular weight is 295 g/mol. The number of hydrogen-bond donors (Lipinski definition) is 2. The number of nitrogens with one attached hydrogen (secondary N) is 2. The Kier molecular flexibility index (Phi) is 4.45. The predicted molar refractivity (Wildman–Crippen MR) is 81.1 cm³/mol. The molecule has 1 aromatic heterocycles. The predicted octanol–water partition coefficient (Wildman–Crippen LogP) is 4.59. The van der Waals surface area contributed by atoms with Gasteiger partial charge in [0.15, 0.2) is 0 Å². The summed E-state index contributed by atoms with van der Waals surface area (Å²) < 4.78 is 0.725. The van der Waals surface area contributed by atoms with Gasteiger partial charge in [0.2, 0.25) is 0 Å². The molecule has 1 aromatic carbocycles. The third-order valence-electron chi connectivity index (χ3n) is 2.64. The van der Waals surface area contributed by atoms with Crippen molar-refractivity contribution in [1.82, 2.24) is 5.32 Å². The Hall–Kier alpha value is -1.52. The fourth-order valence-corrected chi connectivity index (χ4v) is 2.78. The first-order valence-corrected chi connectivity index (χ1v) is 7.13. The highest BCUT2D eigenvalue weighted by molar-refractivity contribution is 7.16. The van der Waals surface area contributed by atoms with Crippen molar-refractivity contribution in [3.63, 3.8) is 0 Å². The number of aryl methyl sites for hydroxylation is 1. The lowest BCUT2D eigenvalue weighted by Gasteiger charge is -2.13. The van der Waals surface area contributed by atoms with E-state index in [1.807, 2.05) is 50.2 Å². The Morgan fingerprint density at radius 3 is 2.74 bits per heavy atom. The largest absolute Gasteiger partial charge is 0.331 e. The molecular weight excluding hydrogens is 280 g/mol. The van der Waals surface area contributed by atoms with Crippen molar-refractivity contribution in [1.29, 1.82) is 0 Å². The van der Waals surface area contributed by atoms with Crippen LogP contribution in [0.25, 0.3) is 0 Å². The molecule has 0 saturated carbocycles. The van der Waals surface area contributed by atoms with Gasteiger partial charge in [0.1, 0.15) is 0 Å². The first-order valence-electron chi connectivity index (χ1n) is 5.94. The van der Waals surface area contributed by atoms with E-state index in [0.29, 0.717) is 0 Å². The van der Waals surface area contributed by atoms with Crippen molar-refractivity contribution in [3.8, 4) is 0 Å². The summed E-state index contributed by atoms with van der Waals surface area (Å²) in [5, 5.41) is 5.69. The van der Waals surface area contributed by atoms with E-state index < -0.39 is 0 Å². The van der Waals surface area contributed by atoms with Gasteiger partial charge in [-0.25, -0.2) is 4.79 Å². The van der Waals surface area contributed by atoms with E-state index in [0.717, 1.165) is 20.5 Å². The Bertz CT molecular complexity index is 582. The second-order valence-corrected chi connectivity index (χ2v) is 6.08. The second kappa shape index (κ2) is 6.08. The van der Waals surface area contributed by atoms with Gasteiger partial charge in [-0.1, -0.05) is 23.7 Å². The third-order valence-corrected chi connectivity index (χ3v) is 4.06. The number of hydrogen-bond acceptors (Lipinski definition) is 2. The van der Waals surface area contributed by atoms with Crippen LogP contribution in [0.15, 0.2) is 36.4 Å². The summed E-state index contributed by atoms with van der Waals surface area (Å²) in [5.41, 5.74) is 1.89. The summed E-state index contributed by atoms with van der Waals surface area (Å²) in [5.74, 6) is 0. The van der Waals surface area contributed by atoms with Gasteiger partial charge in [-0.2, -0.15) is 0 Å². The Labute approximate surface area is 121 Å². The molecule has 0 saturated heterocycles. The van der Waals surface area contributed by atoms with Gasteiger partial charge < -0.3 is 10.6 Å². The Balaban J connectivity index is 1.94. The zero-order chi connectivity index (χ0) is 13.8. The molecule has 0 aliphatic rings. The minimum atomic E-state index is -0.220. The van der Waals surface area contributed by atoms with Crippen LogP contribution in [0, 0.1) is 6.92 Å². The number of carbonyl (C=O) groups is 1. The van der Waals surface area contributed by atoms with E-state index in [9.17, 15) is 4.79 Å². The minimum absolute atomic E-state index is 0.0673. The number of anilines is 1. The van der Waals surface area contributed by atoms with Crippen LogP contribution in [-0.2, 0) is 0 Å². The molecule has 100 valence electrons. The highest BCUT2D eigenvalue weighted by Crippen LogP contribution is 2.26. The molecule has 2 rings (SSSR count). The van der Waals surface area contributed by atoms with Crippen molar-refractivity contribution in [3.05, 3.63) is 51.2 Å². The molecule has 1 atom stereocenters. The normalized spacial score (nSPS) is 11.9. The number of rotatable bonds is 3. The molecule has 1 unspecified atom stereocenters. The number of thiophene rings is 1. The summed E-state index contributed by atoms with van der Waals surface area (Å²) in [6.07, 6.45) is 0. The van der Waals surface area contributed by atoms with E-state index >= 15 is 0 Å². The maximum atomic E-state index is 11.9. The molecule has 1 heterocycles. The SMILES string of the molecule is Cc1cccc(NC(=O)NC(C)c2ccc(Cl)s2)c1. The molecule has 2 amide bonds. The van der Waals surface area contributed by atoms with Crippen molar-refractivity contribution in [2.75, 3.05) is 5.32 Å². The van der Waals surface area contributed by atoms with Crippen LogP contribution in [0.2, 0.25) is 4.34 Å². The fourth-order valence-electron chi connectivity index (χ4n) is 1.72. The van der Waals surface area contributed by atoms with Gasteiger partial charge in [0, 0.05) is 10.6 Å². The Morgan fingerprint density at radius 1 is 1.32 bits per heavy atom. The van der Waals surface area contributed by atoms with Crippen LogP contribution in [0.1, 0.15) is 23.4 Å². The van der Waals surface area contributed by atoms with Crippen LogP contribution in [0.4, 0.5) is 10.5 Å². The number of amides is 2. The minimum Gasteiger partial charge on any atom is -0.331 e. The first kappa shape index (κ1) is 13.9. The van der Waals surface area contributed by atoms with Crippen molar-refractivity contribution >= 4 is 34.7 Å². The molecule has 0 radical (unpaired) electrons. The van der Waals surface area contributed by atoms with Crippen molar-refractivity contribution in [2.24, 2.45) is 0 Å². The van der Waals surface area contributed by atoms with Crippen LogP contribution in [0.5, 0.6) is 0 Å². The number of halogens is 1. The molecule has 0 fully saturated rings. The monoisotopic (exact) mass is 294 g/mol. The molecular formula is C14H15ClN2OS. The first-order chi connectivity index (χ1) is 9.04. The van der Waals surface area contributed by atoms with E-state index in [-0.39, 0.29) is 12.1 Å². The van der Waals surface area contributed by atoms with Crippen LogP contribution >= 0.6 is 22.9 Å². The molecule has 0 aliphatic heterocycles. The lowest BCUT2D eigenvalue weighted by molar-refractivity contribution is 0.249. The smallest absolute Gasteiger partial charge is 0.319 e. The lowest BCUT2D eigenvalue weighted by atomic mass is 10.2. The lowest BCUT2D eigenvalue weighted by Crippen LogP contribution is -2.30. The Morgan fingerprint density at radius 2 is 2.11 bits per heavy atom. The molecule has 3 nitrogen and oxygen atoms in total. The zero-order valence-corrected chi connectivity index (χ0v) is 12.3. The number of benzene rings is 1. The fraction of sp³-hybridized carbons (Fsp3) is 0.214. The maximum absolute atomic E-state index is 11.9. The molecule has 0 aliphatic carbocycles. The van der Waals surface area contributed by atoms with Crippen LogP contribution in [0.3, 0.4) is 0 Å². The van der Waals surface area contributed by atoms with E-state index in [1.54, 1.807) is 0 Å². The third kappa shape index (κ3) is 3.98. The van der Waals surface area contributed by atoms with Gasteiger partial charge >= 0.3 is 6.03 Å². The molecule has 0 spiro atoms. The van der Waals surface area contributed by atoms with Crippen LogP contribution < -0.4 is 10.6 Å². The standard InChI is InChI=1S/C14H15ClN2OS/c1-9-4-3-5-11(8-9)17-14(18)16-10(2)12-6-7-13(15)19-12/h3-8,10H,1-2H3,(H2,16,17,18). The van der Waals surface area contributed by atoms with Gasteiger partial charge in [0.25, 0.3) is 0 Å². The molecule has 2 aromatic rings. The topological polar surface area (TPSA) is 41.1 Å². The molecule has 19 heavy (non-hydrogen) atoms. The van der Waals surface area contributed by atoms with Crippen molar-refractivity contribution < 1.29 is 4.79 Å². The summed E-state index contributed by atoms with van der Waals surface area (Å²) in [6, 6.07) is 11.1. The number of urea groups is 1. The molecule has 0 bridgehead atoms. The van der Waals surface area contributed by atoms with Gasteiger partial charge in [0.05, 0.1) is 10.4 Å². The van der Waals surface area contributed by atoms with Gasteiger partial charge in [-0.15, -0.1) is 11.3 Å². The van der Waals surface area contributed by atoms with E-state index in [4.69, 9.17) is 11.6 Å². The summed E-state index contributed by atoms with van der Waals surface area (Å²) in [4.78, 5) is 12.9. The highest BCUT2D eigenvalue weighted by Gasteiger charge is 2.11. The van der Waals surface area contributed by atoms with Crippen molar-refractivity contribution in [2.45, 2.75) is 19.9 Å². The van der Waals surface area contributed by atoms with E-state index in [1.165, 1.54) is 11.3 Å². The molecule has 2 N–H and O–H groups in total. The number of carbonyl (C=O) groups excluding carboxylic acids is 1.